The van der Waals surface area contributed by atoms with Crippen molar-refractivity contribution in [2.75, 3.05) is 11.9 Å². The Hall–Kier alpha value is -3.13. The molecule has 1 aromatic heterocycles. The van der Waals surface area contributed by atoms with E-state index in [4.69, 9.17) is 0 Å². The number of halogens is 3. The molecule has 3 aromatic rings. The Bertz CT molecular complexity index is 983. The molecule has 5 nitrogen and oxygen atoms in total. The van der Waals surface area contributed by atoms with Crippen LogP contribution in [0.15, 0.2) is 60.8 Å². The van der Waals surface area contributed by atoms with Crippen LogP contribution >= 0.6 is 0 Å². The van der Waals surface area contributed by atoms with Gasteiger partial charge in [-0.2, -0.15) is 18.3 Å². The van der Waals surface area contributed by atoms with Gasteiger partial charge in [0.15, 0.2) is 5.82 Å². The van der Waals surface area contributed by atoms with Gasteiger partial charge < -0.3 is 10.1 Å². The first kappa shape index (κ1) is 20.6. The maximum atomic E-state index is 12.4. The molecule has 152 valence electrons. The largest absolute Gasteiger partial charge is 0.411 e. The number of alkyl halides is 3. The molecular formula is C21H20F3N3O2. The molecule has 0 unspecified atom stereocenters. The molecule has 0 bridgehead atoms. The van der Waals surface area contributed by atoms with E-state index < -0.39 is 18.7 Å². The normalized spacial score (nSPS) is 11.4. The number of aryl methyl sites for hydroxylation is 1. The Kier molecular flexibility index (Phi) is 6.33. The van der Waals surface area contributed by atoms with E-state index in [0.29, 0.717) is 23.5 Å². The van der Waals surface area contributed by atoms with Gasteiger partial charge in [0.1, 0.15) is 6.61 Å². The monoisotopic (exact) mass is 403 g/mol. The number of nitrogens with zero attached hydrogens (tertiary/aromatic N) is 2. The lowest BCUT2D eigenvalue weighted by Gasteiger charge is -2.09. The fraction of sp³-hybridized carbons (Fsp3) is 0.238. The number of carbonyl (C=O) groups excluding carboxylic acids is 1. The van der Waals surface area contributed by atoms with E-state index in [1.54, 1.807) is 35.1 Å². The van der Waals surface area contributed by atoms with Gasteiger partial charge in [-0.1, -0.05) is 36.4 Å². The third-order valence-electron chi connectivity index (χ3n) is 4.20. The summed E-state index contributed by atoms with van der Waals surface area (Å²) < 4.78 is 42.9. The van der Waals surface area contributed by atoms with E-state index in [2.05, 4.69) is 15.2 Å². The summed E-state index contributed by atoms with van der Waals surface area (Å²) in [4.78, 5) is 12.4. The van der Waals surface area contributed by atoms with E-state index in [1.165, 1.54) is 6.07 Å². The molecule has 0 aliphatic heterocycles. The van der Waals surface area contributed by atoms with E-state index in [1.807, 2.05) is 31.2 Å². The molecule has 29 heavy (non-hydrogen) atoms. The number of hydrogen-bond acceptors (Lipinski definition) is 3. The van der Waals surface area contributed by atoms with E-state index >= 15 is 0 Å². The summed E-state index contributed by atoms with van der Waals surface area (Å²) in [7, 11) is 0. The highest BCUT2D eigenvalue weighted by atomic mass is 19.4. The van der Waals surface area contributed by atoms with Gasteiger partial charge in [0, 0.05) is 17.8 Å². The first-order valence-electron chi connectivity index (χ1n) is 8.93. The van der Waals surface area contributed by atoms with Crippen molar-refractivity contribution in [3.05, 3.63) is 83.0 Å². The second-order valence-electron chi connectivity index (χ2n) is 6.59. The number of nitrogens with one attached hydrogen (secondary N) is 1. The van der Waals surface area contributed by atoms with Gasteiger partial charge in [0.05, 0.1) is 13.2 Å². The molecule has 1 amide bonds. The first-order chi connectivity index (χ1) is 13.8. The molecule has 1 N–H and O–H groups in total. The molecule has 0 atom stereocenters. The number of carbonyl (C=O) groups is 1. The number of aromatic nitrogens is 2. The molecule has 0 radical (unpaired) electrons. The Labute approximate surface area is 166 Å². The van der Waals surface area contributed by atoms with Gasteiger partial charge in [-0.3, -0.25) is 9.48 Å². The quantitative estimate of drug-likeness (QED) is 0.629. The zero-order valence-corrected chi connectivity index (χ0v) is 15.7. The third-order valence-corrected chi connectivity index (χ3v) is 4.20. The predicted octanol–water partition coefficient (Wildman–Crippen LogP) is 4.57. The Balaban J connectivity index is 1.60. The summed E-state index contributed by atoms with van der Waals surface area (Å²) in [5, 5.41) is 7.04. The fourth-order valence-corrected chi connectivity index (χ4v) is 2.75. The number of hydrogen-bond donors (Lipinski definition) is 1. The van der Waals surface area contributed by atoms with Crippen LogP contribution in [0.5, 0.6) is 0 Å². The number of ether oxygens (including phenoxy) is 1. The smallest absolute Gasteiger partial charge is 0.367 e. The molecule has 1 heterocycles. The molecule has 0 aliphatic carbocycles. The van der Waals surface area contributed by atoms with Crippen molar-refractivity contribution in [3.8, 4) is 0 Å². The van der Waals surface area contributed by atoms with Crippen LogP contribution in [-0.2, 0) is 17.9 Å². The van der Waals surface area contributed by atoms with Crippen molar-refractivity contribution in [1.29, 1.82) is 0 Å². The van der Waals surface area contributed by atoms with E-state index in [0.717, 1.165) is 11.1 Å². The number of rotatable bonds is 7. The lowest BCUT2D eigenvalue weighted by Crippen LogP contribution is -2.17. The van der Waals surface area contributed by atoms with Crippen LogP contribution in [0.2, 0.25) is 0 Å². The summed E-state index contributed by atoms with van der Waals surface area (Å²) in [6.45, 7) is 1.04. The van der Waals surface area contributed by atoms with Crippen LogP contribution in [0, 0.1) is 6.92 Å². The SMILES string of the molecule is Cc1ccccc1Cn1ccc(NC(=O)c2cccc(COCC(F)(F)F)c2)n1. The van der Waals surface area contributed by atoms with Crippen LogP contribution < -0.4 is 5.32 Å². The van der Waals surface area contributed by atoms with Crippen molar-refractivity contribution in [3.63, 3.8) is 0 Å². The topological polar surface area (TPSA) is 56.2 Å². The minimum absolute atomic E-state index is 0.230. The van der Waals surface area contributed by atoms with Gasteiger partial charge >= 0.3 is 6.18 Å². The molecule has 0 aliphatic rings. The fourth-order valence-electron chi connectivity index (χ4n) is 2.75. The highest BCUT2D eigenvalue weighted by Gasteiger charge is 2.27. The average molecular weight is 403 g/mol. The predicted molar refractivity (Wildman–Crippen MR) is 103 cm³/mol. The van der Waals surface area contributed by atoms with Crippen LogP contribution in [-0.4, -0.2) is 28.5 Å². The number of amides is 1. The van der Waals surface area contributed by atoms with E-state index in [-0.39, 0.29) is 6.61 Å². The van der Waals surface area contributed by atoms with Crippen molar-refractivity contribution >= 4 is 11.7 Å². The molecule has 0 fully saturated rings. The van der Waals surface area contributed by atoms with Crippen LogP contribution in [0.25, 0.3) is 0 Å². The van der Waals surface area contributed by atoms with Crippen LogP contribution in [0.3, 0.4) is 0 Å². The summed E-state index contributed by atoms with van der Waals surface area (Å²) in [5.41, 5.74) is 3.07. The zero-order chi connectivity index (χ0) is 20.9. The zero-order valence-electron chi connectivity index (χ0n) is 15.7. The van der Waals surface area contributed by atoms with E-state index in [9.17, 15) is 18.0 Å². The molecule has 0 spiro atoms. The number of anilines is 1. The summed E-state index contributed by atoms with van der Waals surface area (Å²) in [6.07, 6.45) is -2.62. The van der Waals surface area contributed by atoms with Crippen molar-refractivity contribution in [2.24, 2.45) is 0 Å². The maximum absolute atomic E-state index is 12.4. The Morgan fingerprint density at radius 3 is 2.69 bits per heavy atom. The lowest BCUT2D eigenvalue weighted by molar-refractivity contribution is -0.176. The van der Waals surface area contributed by atoms with Gasteiger partial charge in [-0.15, -0.1) is 0 Å². The van der Waals surface area contributed by atoms with Crippen molar-refractivity contribution in [1.82, 2.24) is 9.78 Å². The van der Waals surface area contributed by atoms with Gasteiger partial charge in [-0.05, 0) is 35.7 Å². The second-order valence-corrected chi connectivity index (χ2v) is 6.59. The van der Waals surface area contributed by atoms with Crippen LogP contribution in [0.4, 0.5) is 19.0 Å². The summed E-state index contributed by atoms with van der Waals surface area (Å²) in [6, 6.07) is 15.9. The molecule has 0 saturated heterocycles. The van der Waals surface area contributed by atoms with Gasteiger partial charge in [0.2, 0.25) is 0 Å². The standard InChI is InChI=1S/C21H20F3N3O2/c1-15-5-2-3-7-18(15)12-27-10-9-19(26-27)25-20(28)17-8-4-6-16(11-17)13-29-14-21(22,23)24/h2-11H,12-14H2,1H3,(H,25,26,28). The highest BCUT2D eigenvalue weighted by molar-refractivity contribution is 6.03. The summed E-state index contributed by atoms with van der Waals surface area (Å²) in [5.74, 6) is -0.00822. The Morgan fingerprint density at radius 1 is 1.14 bits per heavy atom. The average Bonchev–Trinajstić information content (AvgIpc) is 3.10. The number of benzene rings is 2. The second kappa shape index (κ2) is 8.91. The minimum Gasteiger partial charge on any atom is -0.367 e. The molecule has 2 aromatic carbocycles. The molecular weight excluding hydrogens is 383 g/mol. The maximum Gasteiger partial charge on any atom is 0.411 e. The van der Waals surface area contributed by atoms with Crippen molar-refractivity contribution < 1.29 is 22.7 Å². The highest BCUT2D eigenvalue weighted by Crippen LogP contribution is 2.16. The minimum atomic E-state index is -4.38. The molecule has 0 saturated carbocycles. The van der Waals surface area contributed by atoms with Crippen molar-refractivity contribution in [2.45, 2.75) is 26.3 Å². The lowest BCUT2D eigenvalue weighted by atomic mass is 10.1. The molecule has 3 rings (SSSR count). The van der Waals surface area contributed by atoms with Gasteiger partial charge in [-0.25, -0.2) is 0 Å². The molecule has 8 heteroatoms. The summed E-state index contributed by atoms with van der Waals surface area (Å²) >= 11 is 0. The first-order valence-corrected chi connectivity index (χ1v) is 8.93. The van der Waals surface area contributed by atoms with Crippen LogP contribution in [0.1, 0.15) is 27.0 Å². The third kappa shape index (κ3) is 6.18. The Morgan fingerprint density at radius 2 is 1.93 bits per heavy atom. The van der Waals surface area contributed by atoms with Gasteiger partial charge in [0.25, 0.3) is 5.91 Å².